The van der Waals surface area contributed by atoms with Gasteiger partial charge in [-0.3, -0.25) is 4.79 Å². The molecule has 3 atom stereocenters. The van der Waals surface area contributed by atoms with Crippen molar-refractivity contribution in [3.05, 3.63) is 47.5 Å². The van der Waals surface area contributed by atoms with Crippen LogP contribution in [0.2, 0.25) is 0 Å². The molecule has 1 N–H and O–H groups in total. The normalized spacial score (nSPS) is 25.6. The highest BCUT2D eigenvalue weighted by Gasteiger charge is 2.30. The molecule has 0 aliphatic carbocycles. The maximum absolute atomic E-state index is 12.5. The molecule has 0 radical (unpaired) electrons. The van der Waals surface area contributed by atoms with Crippen LogP contribution in [0.1, 0.15) is 36.0 Å². The summed E-state index contributed by atoms with van der Waals surface area (Å²) in [6.07, 6.45) is 2.71. The molecule has 2 aliphatic rings. The second kappa shape index (κ2) is 6.96. The number of nitrogens with zero attached hydrogens (tertiary/aromatic N) is 3. The Kier molecular flexibility index (Phi) is 4.53. The first-order chi connectivity index (χ1) is 12.2. The average Bonchev–Trinajstić information content (AvgIpc) is 3.27. The number of aryl methyl sites for hydroxylation is 2. The summed E-state index contributed by atoms with van der Waals surface area (Å²) in [6, 6.07) is 10.5. The molecular weight excluding hydrogens is 316 g/mol. The fourth-order valence-corrected chi connectivity index (χ4v) is 3.84. The van der Waals surface area contributed by atoms with E-state index < -0.39 is 0 Å². The number of rotatable bonds is 4. The Hall–Kier alpha value is -2.21. The maximum Gasteiger partial charge on any atom is 0.225 e. The third-order valence-electron chi connectivity index (χ3n) is 5.36. The Morgan fingerprint density at radius 2 is 2.16 bits per heavy atom. The van der Waals surface area contributed by atoms with Crippen LogP contribution in [0.25, 0.3) is 0 Å². The smallest absolute Gasteiger partial charge is 0.225 e. The van der Waals surface area contributed by atoms with Crippen LogP contribution in [0.3, 0.4) is 0 Å². The summed E-state index contributed by atoms with van der Waals surface area (Å²) < 4.78 is 7.94. The summed E-state index contributed by atoms with van der Waals surface area (Å²) >= 11 is 0. The van der Waals surface area contributed by atoms with Gasteiger partial charge in [-0.2, -0.15) is 0 Å². The molecule has 6 heteroatoms. The topological polar surface area (TPSA) is 69.0 Å². The second-order valence-electron chi connectivity index (χ2n) is 7.05. The first-order valence-electron chi connectivity index (χ1n) is 9.03. The number of amides is 1. The SMILES string of the molecule is Cc1nnc2n1CC(C(=O)NC[C@@H]1C[C@H](c3ccccc3)CO1)CC2. The zero-order valence-corrected chi connectivity index (χ0v) is 14.5. The van der Waals surface area contributed by atoms with Gasteiger partial charge in [0, 0.05) is 25.4 Å². The van der Waals surface area contributed by atoms with E-state index in [1.165, 1.54) is 5.56 Å². The first kappa shape index (κ1) is 16.3. The number of aromatic nitrogens is 3. The highest BCUT2D eigenvalue weighted by atomic mass is 16.5. The van der Waals surface area contributed by atoms with E-state index in [1.807, 2.05) is 13.0 Å². The minimum atomic E-state index is -0.00600. The number of hydrogen-bond donors (Lipinski definition) is 1. The Morgan fingerprint density at radius 1 is 1.32 bits per heavy atom. The number of benzene rings is 1. The number of ether oxygens (including phenoxy) is 1. The van der Waals surface area contributed by atoms with Gasteiger partial charge in [0.2, 0.25) is 5.91 Å². The summed E-state index contributed by atoms with van der Waals surface area (Å²) in [5, 5.41) is 11.3. The van der Waals surface area contributed by atoms with Crippen LogP contribution in [0.4, 0.5) is 0 Å². The molecule has 0 bridgehead atoms. The largest absolute Gasteiger partial charge is 0.376 e. The Balaban J connectivity index is 1.28. The molecular formula is C19H24N4O2. The van der Waals surface area contributed by atoms with Gasteiger partial charge in [0.25, 0.3) is 0 Å². The van der Waals surface area contributed by atoms with Gasteiger partial charge in [0.05, 0.1) is 18.6 Å². The molecule has 0 saturated carbocycles. The summed E-state index contributed by atoms with van der Waals surface area (Å²) in [5.41, 5.74) is 1.32. The van der Waals surface area contributed by atoms with Crippen molar-refractivity contribution in [1.82, 2.24) is 20.1 Å². The van der Waals surface area contributed by atoms with E-state index in [0.29, 0.717) is 19.0 Å². The molecule has 1 saturated heterocycles. The lowest BCUT2D eigenvalue weighted by molar-refractivity contribution is -0.126. The number of carbonyl (C=O) groups is 1. The second-order valence-corrected chi connectivity index (χ2v) is 7.05. The lowest BCUT2D eigenvalue weighted by atomic mass is 9.96. The maximum atomic E-state index is 12.5. The fraction of sp³-hybridized carbons (Fsp3) is 0.526. The van der Waals surface area contributed by atoms with Crippen LogP contribution < -0.4 is 5.32 Å². The molecule has 2 aliphatic heterocycles. The molecule has 2 aromatic rings. The molecule has 25 heavy (non-hydrogen) atoms. The van der Waals surface area contributed by atoms with Crippen molar-refractivity contribution >= 4 is 5.91 Å². The van der Waals surface area contributed by atoms with Crippen LogP contribution in [0, 0.1) is 12.8 Å². The minimum absolute atomic E-state index is 0.00600. The summed E-state index contributed by atoms with van der Waals surface area (Å²) in [6.45, 7) is 3.94. The van der Waals surface area contributed by atoms with Gasteiger partial charge in [-0.25, -0.2) is 0 Å². The van der Waals surface area contributed by atoms with Gasteiger partial charge in [0.1, 0.15) is 11.6 Å². The summed E-state index contributed by atoms with van der Waals surface area (Å²) in [7, 11) is 0. The van der Waals surface area contributed by atoms with Gasteiger partial charge in [-0.15, -0.1) is 10.2 Å². The summed E-state index contributed by atoms with van der Waals surface area (Å²) in [4.78, 5) is 12.5. The Morgan fingerprint density at radius 3 is 3.00 bits per heavy atom. The standard InChI is InChI=1S/C19H24N4O2/c1-13-21-22-18-8-7-15(11-23(13)18)19(24)20-10-17-9-16(12-25-17)14-5-3-2-4-6-14/h2-6,15-17H,7-12H2,1H3,(H,20,24)/t15?,16-,17-/m0/s1. The molecule has 3 heterocycles. The van der Waals surface area contributed by atoms with Crippen molar-refractivity contribution < 1.29 is 9.53 Å². The zero-order chi connectivity index (χ0) is 17.2. The third kappa shape index (κ3) is 3.44. The van der Waals surface area contributed by atoms with E-state index in [2.05, 4.69) is 44.3 Å². The van der Waals surface area contributed by atoms with Crippen LogP contribution in [-0.4, -0.2) is 39.9 Å². The highest BCUT2D eigenvalue weighted by Crippen LogP contribution is 2.29. The van der Waals surface area contributed by atoms with Crippen molar-refractivity contribution in [3.8, 4) is 0 Å². The predicted octanol–water partition coefficient (Wildman–Crippen LogP) is 1.84. The number of nitrogens with one attached hydrogen (secondary N) is 1. The van der Waals surface area contributed by atoms with Gasteiger partial charge in [0.15, 0.2) is 0 Å². The zero-order valence-electron chi connectivity index (χ0n) is 14.5. The summed E-state index contributed by atoms with van der Waals surface area (Å²) in [5.74, 6) is 2.42. The van der Waals surface area contributed by atoms with Crippen molar-refractivity contribution in [1.29, 1.82) is 0 Å². The molecule has 1 aromatic heterocycles. The van der Waals surface area contributed by atoms with E-state index in [4.69, 9.17) is 4.74 Å². The van der Waals surface area contributed by atoms with E-state index in [1.54, 1.807) is 0 Å². The van der Waals surface area contributed by atoms with Gasteiger partial charge in [-0.05, 0) is 25.3 Å². The minimum Gasteiger partial charge on any atom is -0.376 e. The number of carbonyl (C=O) groups excluding carboxylic acids is 1. The van der Waals surface area contributed by atoms with Crippen LogP contribution >= 0.6 is 0 Å². The molecule has 1 amide bonds. The highest BCUT2D eigenvalue weighted by molar-refractivity contribution is 5.78. The fourth-order valence-electron chi connectivity index (χ4n) is 3.84. The molecule has 0 spiro atoms. The first-order valence-corrected chi connectivity index (χ1v) is 9.03. The van der Waals surface area contributed by atoms with E-state index in [0.717, 1.165) is 37.5 Å². The van der Waals surface area contributed by atoms with Crippen LogP contribution in [-0.2, 0) is 22.5 Å². The van der Waals surface area contributed by atoms with Gasteiger partial charge in [-0.1, -0.05) is 30.3 Å². The molecule has 6 nitrogen and oxygen atoms in total. The Bertz CT molecular complexity index is 743. The van der Waals surface area contributed by atoms with Gasteiger partial charge >= 0.3 is 0 Å². The number of fused-ring (bicyclic) bond motifs is 1. The molecule has 4 rings (SSSR count). The van der Waals surface area contributed by atoms with Crippen LogP contribution in [0.15, 0.2) is 30.3 Å². The number of hydrogen-bond acceptors (Lipinski definition) is 4. The molecule has 132 valence electrons. The third-order valence-corrected chi connectivity index (χ3v) is 5.36. The van der Waals surface area contributed by atoms with Gasteiger partial charge < -0.3 is 14.6 Å². The Labute approximate surface area is 147 Å². The van der Waals surface area contributed by atoms with E-state index >= 15 is 0 Å². The van der Waals surface area contributed by atoms with E-state index in [9.17, 15) is 4.79 Å². The van der Waals surface area contributed by atoms with Crippen molar-refractivity contribution in [3.63, 3.8) is 0 Å². The lowest BCUT2D eigenvalue weighted by Crippen LogP contribution is -2.39. The van der Waals surface area contributed by atoms with Crippen molar-refractivity contribution in [2.45, 2.75) is 44.8 Å². The monoisotopic (exact) mass is 340 g/mol. The average molecular weight is 340 g/mol. The predicted molar refractivity (Wildman–Crippen MR) is 93.1 cm³/mol. The molecule has 1 fully saturated rings. The van der Waals surface area contributed by atoms with Crippen molar-refractivity contribution in [2.75, 3.05) is 13.2 Å². The van der Waals surface area contributed by atoms with Crippen LogP contribution in [0.5, 0.6) is 0 Å². The molecule has 1 unspecified atom stereocenters. The lowest BCUT2D eigenvalue weighted by Gasteiger charge is -2.23. The van der Waals surface area contributed by atoms with E-state index in [-0.39, 0.29) is 17.9 Å². The quantitative estimate of drug-likeness (QED) is 0.922. The molecule has 1 aromatic carbocycles. The van der Waals surface area contributed by atoms with Crippen molar-refractivity contribution in [2.24, 2.45) is 5.92 Å².